The molecule has 3 aromatic rings. The van der Waals surface area contributed by atoms with Crippen molar-refractivity contribution in [2.45, 2.75) is 40.5 Å². The Morgan fingerprint density at radius 1 is 1.30 bits per heavy atom. The van der Waals surface area contributed by atoms with Crippen molar-refractivity contribution in [3.05, 3.63) is 62.3 Å². The highest BCUT2D eigenvalue weighted by Gasteiger charge is 2.26. The van der Waals surface area contributed by atoms with Crippen LogP contribution in [0.15, 0.2) is 33.2 Å². The second-order valence-corrected chi connectivity index (χ2v) is 9.87. The SMILES string of the molecule is CCCC[S@@+]([O-])/N=C/c1onc(C)c1-c1sc(C)c(C)c1C(=O)c1ccc(Cl)cc1. The van der Waals surface area contributed by atoms with E-state index in [4.69, 9.17) is 16.1 Å². The number of unbranched alkanes of at least 4 members (excludes halogenated alkanes) is 1. The zero-order valence-corrected chi connectivity index (χ0v) is 19.7. The molecule has 5 nitrogen and oxygen atoms in total. The Morgan fingerprint density at radius 3 is 2.67 bits per heavy atom. The predicted octanol–water partition coefficient (Wildman–Crippen LogP) is 6.10. The summed E-state index contributed by atoms with van der Waals surface area (Å²) in [4.78, 5) is 15.2. The van der Waals surface area contributed by atoms with E-state index in [1.54, 1.807) is 24.3 Å². The Kier molecular flexibility index (Phi) is 7.52. The van der Waals surface area contributed by atoms with Crippen molar-refractivity contribution < 1.29 is 13.9 Å². The fourth-order valence-corrected chi connectivity index (χ4v) is 5.24. The van der Waals surface area contributed by atoms with Crippen molar-refractivity contribution in [2.75, 3.05) is 5.75 Å². The van der Waals surface area contributed by atoms with Crippen LogP contribution >= 0.6 is 22.9 Å². The van der Waals surface area contributed by atoms with Gasteiger partial charge in [0.15, 0.2) is 11.5 Å². The van der Waals surface area contributed by atoms with E-state index in [2.05, 4.69) is 9.55 Å². The third kappa shape index (κ3) is 4.86. The zero-order valence-electron chi connectivity index (χ0n) is 17.3. The number of rotatable bonds is 8. The van der Waals surface area contributed by atoms with Gasteiger partial charge in [0.25, 0.3) is 0 Å². The molecule has 0 unspecified atom stereocenters. The molecule has 1 aromatic carbocycles. The average molecular weight is 463 g/mol. The summed E-state index contributed by atoms with van der Waals surface area (Å²) < 4.78 is 21.6. The van der Waals surface area contributed by atoms with Gasteiger partial charge < -0.3 is 9.08 Å². The zero-order chi connectivity index (χ0) is 21.8. The first-order chi connectivity index (χ1) is 14.3. The van der Waals surface area contributed by atoms with Crippen LogP contribution in [-0.4, -0.2) is 27.5 Å². The van der Waals surface area contributed by atoms with Gasteiger partial charge in [0, 0.05) is 21.0 Å². The van der Waals surface area contributed by atoms with Gasteiger partial charge in [-0.3, -0.25) is 4.79 Å². The highest BCUT2D eigenvalue weighted by molar-refractivity contribution is 7.90. The fourth-order valence-electron chi connectivity index (χ4n) is 3.00. The van der Waals surface area contributed by atoms with Gasteiger partial charge in [-0.15, -0.1) is 11.3 Å². The third-order valence-electron chi connectivity index (χ3n) is 4.80. The van der Waals surface area contributed by atoms with E-state index in [0.717, 1.165) is 28.2 Å². The summed E-state index contributed by atoms with van der Waals surface area (Å²) in [5.74, 6) is 0.828. The molecule has 30 heavy (non-hydrogen) atoms. The Hall–Kier alpha value is -1.93. The molecular weight excluding hydrogens is 440 g/mol. The molecule has 2 aromatic heterocycles. The van der Waals surface area contributed by atoms with Crippen LogP contribution in [-0.2, 0) is 11.4 Å². The number of hydrogen-bond acceptors (Lipinski definition) is 6. The fraction of sp³-hybridized carbons (Fsp3) is 0.318. The number of aryl methyl sites for hydroxylation is 2. The van der Waals surface area contributed by atoms with E-state index in [9.17, 15) is 9.35 Å². The lowest BCUT2D eigenvalue weighted by Gasteiger charge is -2.06. The molecule has 1 atom stereocenters. The Bertz CT molecular complexity index is 1070. The van der Waals surface area contributed by atoms with Crippen molar-refractivity contribution in [3.8, 4) is 10.4 Å². The summed E-state index contributed by atoms with van der Waals surface area (Å²) in [6.45, 7) is 7.79. The molecule has 0 bridgehead atoms. The van der Waals surface area contributed by atoms with Gasteiger partial charge in [-0.25, -0.2) is 0 Å². The summed E-state index contributed by atoms with van der Waals surface area (Å²) in [6, 6.07) is 6.86. The van der Waals surface area contributed by atoms with Crippen LogP contribution in [0.2, 0.25) is 5.02 Å². The van der Waals surface area contributed by atoms with E-state index in [-0.39, 0.29) is 5.78 Å². The van der Waals surface area contributed by atoms with E-state index in [1.165, 1.54) is 17.6 Å². The lowest BCUT2D eigenvalue weighted by atomic mass is 9.96. The number of nitrogens with zero attached hydrogens (tertiary/aromatic N) is 2. The molecule has 0 amide bonds. The molecule has 0 N–H and O–H groups in total. The van der Waals surface area contributed by atoms with Crippen molar-refractivity contribution in [1.82, 2.24) is 5.16 Å². The summed E-state index contributed by atoms with van der Waals surface area (Å²) in [5.41, 5.74) is 3.47. The maximum Gasteiger partial charge on any atom is 0.194 e. The molecule has 0 saturated carbocycles. The Balaban J connectivity index is 2.04. The van der Waals surface area contributed by atoms with E-state index in [1.807, 2.05) is 27.7 Å². The van der Waals surface area contributed by atoms with Crippen LogP contribution in [0.1, 0.15) is 57.6 Å². The number of carbonyl (C=O) groups is 1. The Labute approximate surface area is 188 Å². The van der Waals surface area contributed by atoms with Gasteiger partial charge in [0.1, 0.15) is 12.0 Å². The maximum atomic E-state index is 13.3. The largest absolute Gasteiger partial charge is 0.591 e. The van der Waals surface area contributed by atoms with Gasteiger partial charge in [-0.2, -0.15) is 0 Å². The summed E-state index contributed by atoms with van der Waals surface area (Å²) in [7, 11) is 0. The number of halogens is 1. The monoisotopic (exact) mass is 462 g/mol. The molecular formula is C22H23ClN2O3S2. The quantitative estimate of drug-likeness (QED) is 0.230. The molecule has 0 aliphatic heterocycles. The molecule has 0 saturated heterocycles. The number of hydrogen-bond donors (Lipinski definition) is 0. The molecule has 158 valence electrons. The van der Waals surface area contributed by atoms with Crippen molar-refractivity contribution in [3.63, 3.8) is 0 Å². The van der Waals surface area contributed by atoms with Crippen LogP contribution in [0.5, 0.6) is 0 Å². The molecule has 2 heterocycles. The number of carbonyl (C=O) groups excluding carboxylic acids is 1. The standard InChI is InChI=1S/C22H23ClN2O3S2/c1-5-6-11-30(27)24-12-18-20(14(3)25-28-18)22-19(13(2)15(4)29-22)21(26)16-7-9-17(23)10-8-16/h7-10,12H,5-6,11H2,1-4H3/b24-12+/t30-/m1/s1. The van der Waals surface area contributed by atoms with Gasteiger partial charge in [0.05, 0.1) is 27.5 Å². The normalized spacial score (nSPS) is 12.6. The topological polar surface area (TPSA) is 78.5 Å². The number of aromatic nitrogens is 1. The van der Waals surface area contributed by atoms with Gasteiger partial charge in [0.2, 0.25) is 0 Å². The van der Waals surface area contributed by atoms with Crippen LogP contribution in [0.4, 0.5) is 0 Å². The molecule has 0 fully saturated rings. The molecule has 0 aliphatic carbocycles. The predicted molar refractivity (Wildman–Crippen MR) is 124 cm³/mol. The first-order valence-electron chi connectivity index (χ1n) is 9.62. The van der Waals surface area contributed by atoms with Gasteiger partial charge in [-0.05, 0) is 57.0 Å². The molecule has 0 aliphatic rings. The van der Waals surface area contributed by atoms with E-state index >= 15 is 0 Å². The van der Waals surface area contributed by atoms with Crippen LogP contribution in [0, 0.1) is 20.8 Å². The molecule has 3 rings (SSSR count). The maximum absolute atomic E-state index is 13.3. The third-order valence-corrected chi connectivity index (χ3v) is 7.25. The Morgan fingerprint density at radius 2 is 2.00 bits per heavy atom. The highest BCUT2D eigenvalue weighted by atomic mass is 35.5. The first-order valence-corrected chi connectivity index (χ1v) is 12.1. The van der Waals surface area contributed by atoms with Crippen molar-refractivity contribution in [1.29, 1.82) is 0 Å². The first kappa shape index (κ1) is 22.7. The molecule has 0 spiro atoms. The van der Waals surface area contributed by atoms with Crippen molar-refractivity contribution >= 4 is 46.3 Å². The van der Waals surface area contributed by atoms with Gasteiger partial charge in [-0.1, -0.05) is 34.5 Å². The minimum atomic E-state index is -1.32. The summed E-state index contributed by atoms with van der Waals surface area (Å²) in [6.07, 6.45) is 3.26. The number of thiophene rings is 1. The van der Waals surface area contributed by atoms with Crippen LogP contribution in [0.25, 0.3) is 10.4 Å². The van der Waals surface area contributed by atoms with E-state index in [0.29, 0.717) is 38.9 Å². The van der Waals surface area contributed by atoms with Crippen molar-refractivity contribution in [2.24, 2.45) is 4.40 Å². The second kappa shape index (κ2) is 9.92. The minimum absolute atomic E-state index is 0.0847. The molecule has 8 heteroatoms. The second-order valence-electron chi connectivity index (χ2n) is 6.94. The summed E-state index contributed by atoms with van der Waals surface area (Å²) >= 11 is 6.18. The minimum Gasteiger partial charge on any atom is -0.591 e. The average Bonchev–Trinajstić information content (AvgIpc) is 3.23. The number of ketones is 1. The van der Waals surface area contributed by atoms with Crippen LogP contribution in [0.3, 0.4) is 0 Å². The molecule has 0 radical (unpaired) electrons. The lowest BCUT2D eigenvalue weighted by Crippen LogP contribution is -2.04. The highest BCUT2D eigenvalue weighted by Crippen LogP contribution is 2.40. The number of benzene rings is 1. The van der Waals surface area contributed by atoms with Crippen LogP contribution < -0.4 is 0 Å². The summed E-state index contributed by atoms with van der Waals surface area (Å²) in [5, 5.41) is 4.65. The van der Waals surface area contributed by atoms with Gasteiger partial charge >= 0.3 is 0 Å². The smallest absolute Gasteiger partial charge is 0.194 e. The lowest BCUT2D eigenvalue weighted by molar-refractivity contribution is 0.103. The van der Waals surface area contributed by atoms with E-state index < -0.39 is 11.4 Å².